The van der Waals surface area contributed by atoms with Crippen molar-refractivity contribution in [2.45, 2.75) is 13.8 Å². The number of hydrogen-bond donors (Lipinski definition) is 0. The van der Waals surface area contributed by atoms with Crippen molar-refractivity contribution in [3.05, 3.63) is 151 Å². The second-order valence-electron chi connectivity index (χ2n) is 9.95. The maximum atomic E-state index is 2.64. The van der Waals surface area contributed by atoms with Crippen LogP contribution in [0, 0.1) is 13.8 Å². The number of nitrogens with zero attached hydrogens (tertiary/aromatic N) is 2. The van der Waals surface area contributed by atoms with Crippen LogP contribution in [0.4, 0.5) is 0 Å². The Morgan fingerprint density at radius 1 is 0.436 bits per heavy atom. The summed E-state index contributed by atoms with van der Waals surface area (Å²) in [7, 11) is -0.889. The maximum absolute atomic E-state index is 2.64. The van der Waals surface area contributed by atoms with Crippen LogP contribution in [0.15, 0.2) is 140 Å². The molecule has 0 amide bonds. The van der Waals surface area contributed by atoms with E-state index in [-0.39, 0.29) is 0 Å². The molecule has 0 aliphatic heterocycles. The average Bonchev–Trinajstić information content (AvgIpc) is 3.45. The van der Waals surface area contributed by atoms with Gasteiger partial charge in [0.15, 0.2) is 0 Å². The molecule has 0 radical (unpaired) electrons. The third-order valence-electron chi connectivity index (χ3n) is 7.67. The van der Waals surface area contributed by atoms with Crippen LogP contribution in [-0.4, -0.2) is 8.90 Å². The van der Waals surface area contributed by atoms with Gasteiger partial charge in [-0.25, -0.2) is 0 Å². The first-order valence-corrected chi connectivity index (χ1v) is 14.7. The number of para-hydroxylation sites is 3. The Hall–Kier alpha value is -4.39. The molecular weight excluding hydrogens is 491 g/mol. The minimum Gasteiger partial charge on any atom is -0.309 e. The summed E-state index contributed by atoms with van der Waals surface area (Å²) in [5, 5.41) is 5.26. The molecule has 5 aromatic carbocycles. The molecule has 0 aliphatic carbocycles. The molecule has 0 bridgehead atoms. The minimum atomic E-state index is -0.889. The molecule has 39 heavy (non-hydrogen) atoms. The Labute approximate surface area is 230 Å². The van der Waals surface area contributed by atoms with Crippen molar-refractivity contribution in [3.63, 3.8) is 0 Å². The second-order valence-corrected chi connectivity index (χ2v) is 12.0. The zero-order chi connectivity index (χ0) is 26.3. The molecule has 2 nitrogen and oxygen atoms in total. The van der Waals surface area contributed by atoms with Crippen molar-refractivity contribution in [1.29, 1.82) is 0 Å². The van der Waals surface area contributed by atoms with Crippen LogP contribution in [0.2, 0.25) is 0 Å². The highest BCUT2D eigenvalue weighted by molar-refractivity contribution is 7.71. The highest BCUT2D eigenvalue weighted by Crippen LogP contribution is 2.49. The van der Waals surface area contributed by atoms with Crippen molar-refractivity contribution in [1.82, 2.24) is 8.90 Å². The molecule has 0 atom stereocenters. The van der Waals surface area contributed by atoms with Gasteiger partial charge < -0.3 is 8.90 Å². The van der Waals surface area contributed by atoms with Crippen molar-refractivity contribution >= 4 is 40.5 Å². The van der Waals surface area contributed by atoms with Crippen LogP contribution in [0.1, 0.15) is 11.1 Å². The lowest BCUT2D eigenvalue weighted by Gasteiger charge is -2.25. The van der Waals surface area contributed by atoms with E-state index >= 15 is 0 Å². The number of aryl methyl sites for hydroxylation is 2. The largest absolute Gasteiger partial charge is 0.309 e. The second kappa shape index (κ2) is 9.73. The van der Waals surface area contributed by atoms with Gasteiger partial charge in [-0.05, 0) is 49.2 Å². The summed E-state index contributed by atoms with van der Waals surface area (Å²) in [6.45, 7) is 4.58. The lowest BCUT2D eigenvalue weighted by atomic mass is 10.1. The quantitative estimate of drug-likeness (QED) is 0.201. The van der Waals surface area contributed by atoms with Gasteiger partial charge in [-0.1, -0.05) is 115 Å². The Bertz CT molecular complexity index is 1880. The van der Waals surface area contributed by atoms with Crippen molar-refractivity contribution in [2.24, 2.45) is 0 Å². The van der Waals surface area contributed by atoms with Crippen LogP contribution in [0.25, 0.3) is 38.9 Å². The summed E-state index contributed by atoms with van der Waals surface area (Å²) in [5.74, 6) is 0. The zero-order valence-corrected chi connectivity index (χ0v) is 23.0. The van der Waals surface area contributed by atoms with Gasteiger partial charge in [-0.3, -0.25) is 0 Å². The van der Waals surface area contributed by atoms with E-state index in [0.29, 0.717) is 0 Å². The average molecular weight is 521 g/mol. The molecule has 0 saturated carbocycles. The number of aromatic nitrogens is 2. The minimum absolute atomic E-state index is 0.889. The van der Waals surface area contributed by atoms with Crippen LogP contribution in [-0.2, 0) is 0 Å². The molecule has 0 fully saturated rings. The predicted molar refractivity (Wildman–Crippen MR) is 168 cm³/mol. The molecule has 0 N–H and O–H groups in total. The molecule has 0 aliphatic rings. The number of benzene rings is 5. The zero-order valence-electron chi connectivity index (χ0n) is 22.1. The third kappa shape index (κ3) is 3.83. The van der Waals surface area contributed by atoms with Crippen LogP contribution >= 0.6 is 8.07 Å². The molecule has 0 saturated heterocycles. The first-order valence-electron chi connectivity index (χ1n) is 13.4. The summed E-state index contributed by atoms with van der Waals surface area (Å²) < 4.78 is 5.11. The Morgan fingerprint density at radius 2 is 0.872 bits per heavy atom. The molecular formula is C36H29N2P. The van der Waals surface area contributed by atoms with E-state index in [2.05, 4.69) is 162 Å². The van der Waals surface area contributed by atoms with E-state index in [1.165, 1.54) is 60.6 Å². The smallest absolute Gasteiger partial charge is 0.0741 e. The molecule has 0 unspecified atom stereocenters. The van der Waals surface area contributed by atoms with E-state index in [4.69, 9.17) is 0 Å². The predicted octanol–water partition coefficient (Wildman–Crippen LogP) is 8.77. The maximum Gasteiger partial charge on any atom is 0.0741 e. The Morgan fingerprint density at radius 3 is 1.46 bits per heavy atom. The summed E-state index contributed by atoms with van der Waals surface area (Å²) in [5.41, 5.74) is 8.84. The van der Waals surface area contributed by atoms with Crippen LogP contribution in [0.3, 0.4) is 0 Å². The summed E-state index contributed by atoms with van der Waals surface area (Å²) in [6.07, 6.45) is 0. The Kier molecular flexibility index (Phi) is 5.91. The fraction of sp³-hybridized carbons (Fsp3) is 0.0556. The van der Waals surface area contributed by atoms with E-state index in [1.807, 2.05) is 0 Å². The number of hydrogen-bond acceptors (Lipinski definition) is 0. The summed E-state index contributed by atoms with van der Waals surface area (Å²) in [6, 6.07) is 50.5. The number of fused-ring (bicyclic) bond motifs is 2. The number of rotatable bonds is 5. The van der Waals surface area contributed by atoms with Crippen molar-refractivity contribution < 1.29 is 0 Å². The van der Waals surface area contributed by atoms with Gasteiger partial charge in [0.1, 0.15) is 0 Å². The van der Waals surface area contributed by atoms with Crippen LogP contribution in [0.5, 0.6) is 0 Å². The van der Waals surface area contributed by atoms with E-state index in [9.17, 15) is 0 Å². The van der Waals surface area contributed by atoms with E-state index < -0.39 is 8.07 Å². The molecule has 0 spiro atoms. The summed E-state index contributed by atoms with van der Waals surface area (Å²) in [4.78, 5) is 0. The molecule has 7 aromatic rings. The first kappa shape index (κ1) is 23.7. The first-order chi connectivity index (χ1) is 19.2. The fourth-order valence-electron chi connectivity index (χ4n) is 5.92. The molecule has 3 heteroatoms. The fourth-order valence-corrected chi connectivity index (χ4v) is 8.42. The summed E-state index contributed by atoms with van der Waals surface area (Å²) >= 11 is 0. The lowest BCUT2D eigenvalue weighted by molar-refractivity contribution is 1.10. The van der Waals surface area contributed by atoms with Gasteiger partial charge in [0.2, 0.25) is 0 Å². The highest BCUT2D eigenvalue weighted by Gasteiger charge is 2.29. The molecule has 2 aromatic heterocycles. The highest BCUT2D eigenvalue weighted by atomic mass is 31.1. The van der Waals surface area contributed by atoms with Gasteiger partial charge >= 0.3 is 0 Å². The van der Waals surface area contributed by atoms with Gasteiger partial charge in [0.25, 0.3) is 0 Å². The monoisotopic (exact) mass is 520 g/mol. The molecule has 2 heterocycles. The van der Waals surface area contributed by atoms with Gasteiger partial charge in [0, 0.05) is 27.1 Å². The van der Waals surface area contributed by atoms with Gasteiger partial charge in [0.05, 0.1) is 30.5 Å². The van der Waals surface area contributed by atoms with E-state index in [1.54, 1.807) is 0 Å². The molecule has 188 valence electrons. The third-order valence-corrected chi connectivity index (χ3v) is 10.1. The van der Waals surface area contributed by atoms with Crippen LogP contribution < -0.4 is 10.6 Å². The van der Waals surface area contributed by atoms with E-state index in [0.717, 1.165) is 0 Å². The van der Waals surface area contributed by atoms with Gasteiger partial charge in [-0.15, -0.1) is 0 Å². The topological polar surface area (TPSA) is 9.86 Å². The Balaban J connectivity index is 1.66. The molecule has 7 rings (SSSR count). The SMILES string of the molecule is Cc1c(-c2c(C)c3ccccc3n2P(c2ccccc2)c2ccccc2)n(-c2ccccc2)c2ccccc12. The van der Waals surface area contributed by atoms with Crippen molar-refractivity contribution in [3.8, 4) is 17.1 Å². The normalized spacial score (nSPS) is 11.6. The van der Waals surface area contributed by atoms with Gasteiger partial charge in [-0.2, -0.15) is 0 Å². The van der Waals surface area contributed by atoms with Crippen molar-refractivity contribution in [2.75, 3.05) is 0 Å². The lowest BCUT2D eigenvalue weighted by Crippen LogP contribution is -2.18. The standard InChI is InChI=1S/C36H29N2P/c1-26-31-22-12-14-24-33(31)37(28-16-6-3-7-17-28)35(26)36-27(2)32-23-13-15-25-34(32)38(36)39(29-18-8-4-9-19-29)30-20-10-5-11-21-30/h3-25H,1-2H3.